The fraction of sp³-hybridized carbons (Fsp3) is 0.0833. The average molecular weight is 252 g/mol. The lowest BCUT2D eigenvalue weighted by Crippen LogP contribution is -2.01. The van der Waals surface area contributed by atoms with Crippen molar-refractivity contribution in [3.8, 4) is 0 Å². The van der Waals surface area contributed by atoms with Gasteiger partial charge < -0.3 is 4.98 Å². The molecule has 1 N–H and O–H groups in total. The summed E-state index contributed by atoms with van der Waals surface area (Å²) in [6, 6.07) is 11.2. The van der Waals surface area contributed by atoms with Crippen LogP contribution in [-0.2, 0) is 5.75 Å². The van der Waals surface area contributed by atoms with E-state index in [1.807, 2.05) is 30.3 Å². The minimum Gasteiger partial charge on any atom is -0.329 e. The zero-order valence-corrected chi connectivity index (χ0v) is 10.0. The van der Waals surface area contributed by atoms with E-state index in [9.17, 15) is 4.79 Å². The lowest BCUT2D eigenvalue weighted by Gasteiger charge is -2.01. The first-order chi connectivity index (χ1) is 7.74. The van der Waals surface area contributed by atoms with Crippen molar-refractivity contribution in [2.45, 2.75) is 10.6 Å². The summed E-state index contributed by atoms with van der Waals surface area (Å²) >= 11 is 7.43. The van der Waals surface area contributed by atoms with Crippen LogP contribution in [0.2, 0.25) is 5.02 Å². The number of halogens is 1. The van der Waals surface area contributed by atoms with Crippen LogP contribution in [0.15, 0.2) is 52.3 Å². The number of hydrogen-bond acceptors (Lipinski definition) is 2. The molecule has 0 aliphatic carbocycles. The smallest absolute Gasteiger partial charge is 0.249 e. The number of pyridine rings is 1. The Hall–Kier alpha value is -1.19. The van der Waals surface area contributed by atoms with Gasteiger partial charge >= 0.3 is 0 Å². The molecule has 82 valence electrons. The van der Waals surface area contributed by atoms with Gasteiger partial charge in [-0.25, -0.2) is 0 Å². The van der Waals surface area contributed by atoms with Crippen LogP contribution in [0, 0.1) is 0 Å². The summed E-state index contributed by atoms with van der Waals surface area (Å²) in [6.07, 6.45) is 1.66. The van der Waals surface area contributed by atoms with Gasteiger partial charge in [0.1, 0.15) is 0 Å². The Bertz CT molecular complexity index is 521. The number of rotatable bonds is 3. The van der Waals surface area contributed by atoms with Crippen LogP contribution in [0.25, 0.3) is 0 Å². The third kappa shape index (κ3) is 3.15. The molecule has 4 heteroatoms. The zero-order valence-electron chi connectivity index (χ0n) is 8.44. The van der Waals surface area contributed by atoms with Crippen molar-refractivity contribution >= 4 is 23.4 Å². The summed E-state index contributed by atoms with van der Waals surface area (Å²) in [7, 11) is 0. The standard InChI is InChI=1S/C12H10ClNOS/c13-10-3-1-9(2-4-10)8-16-11-5-6-14-12(15)7-11/h1-7H,8H2,(H,14,15). The van der Waals surface area contributed by atoms with Gasteiger partial charge in [0, 0.05) is 27.9 Å². The van der Waals surface area contributed by atoms with Gasteiger partial charge in [-0.1, -0.05) is 23.7 Å². The minimum absolute atomic E-state index is 0.0684. The maximum absolute atomic E-state index is 11.1. The first-order valence-corrected chi connectivity index (χ1v) is 6.16. The van der Waals surface area contributed by atoms with E-state index in [0.717, 1.165) is 15.7 Å². The molecule has 0 unspecified atom stereocenters. The molecule has 0 atom stereocenters. The minimum atomic E-state index is -0.0684. The molecule has 1 aromatic heterocycles. The summed E-state index contributed by atoms with van der Waals surface area (Å²) in [6.45, 7) is 0. The fourth-order valence-electron chi connectivity index (χ4n) is 1.26. The van der Waals surface area contributed by atoms with E-state index < -0.39 is 0 Å². The first-order valence-electron chi connectivity index (χ1n) is 4.80. The van der Waals surface area contributed by atoms with Crippen LogP contribution < -0.4 is 5.56 Å². The molecule has 16 heavy (non-hydrogen) atoms. The second-order valence-electron chi connectivity index (χ2n) is 3.30. The van der Waals surface area contributed by atoms with Crippen molar-refractivity contribution in [1.82, 2.24) is 4.98 Å². The molecule has 0 bridgehead atoms. The summed E-state index contributed by atoms with van der Waals surface area (Å²) in [5.41, 5.74) is 1.12. The maximum Gasteiger partial charge on any atom is 0.249 e. The molecule has 0 fully saturated rings. The van der Waals surface area contributed by atoms with E-state index in [4.69, 9.17) is 11.6 Å². The van der Waals surface area contributed by atoms with Crippen LogP contribution in [-0.4, -0.2) is 4.98 Å². The maximum atomic E-state index is 11.1. The Balaban J connectivity index is 2.02. The Morgan fingerprint density at radius 2 is 1.94 bits per heavy atom. The number of nitrogens with one attached hydrogen (secondary N) is 1. The van der Waals surface area contributed by atoms with Gasteiger partial charge in [-0.3, -0.25) is 4.79 Å². The van der Waals surface area contributed by atoms with Crippen LogP contribution in [0.1, 0.15) is 5.56 Å². The monoisotopic (exact) mass is 251 g/mol. The predicted octanol–water partition coefficient (Wildman–Crippen LogP) is 3.32. The van der Waals surface area contributed by atoms with Crippen molar-refractivity contribution < 1.29 is 0 Å². The van der Waals surface area contributed by atoms with Gasteiger partial charge in [0.25, 0.3) is 0 Å². The molecule has 2 aromatic rings. The predicted molar refractivity (Wildman–Crippen MR) is 68.1 cm³/mol. The summed E-state index contributed by atoms with van der Waals surface area (Å²) in [5, 5.41) is 0.741. The van der Waals surface area contributed by atoms with Crippen molar-refractivity contribution in [2.75, 3.05) is 0 Å². The van der Waals surface area contributed by atoms with Gasteiger partial charge in [-0.05, 0) is 23.8 Å². The van der Waals surface area contributed by atoms with Crippen LogP contribution in [0.4, 0.5) is 0 Å². The van der Waals surface area contributed by atoms with E-state index in [-0.39, 0.29) is 5.56 Å². The number of hydrogen-bond donors (Lipinski definition) is 1. The number of aromatic nitrogens is 1. The SMILES string of the molecule is O=c1cc(SCc2ccc(Cl)cc2)cc[nH]1. The molecule has 1 heterocycles. The molecule has 0 amide bonds. The average Bonchev–Trinajstić information content (AvgIpc) is 2.28. The number of aromatic amines is 1. The van der Waals surface area contributed by atoms with E-state index in [1.54, 1.807) is 24.0 Å². The molecular formula is C12H10ClNOS. The van der Waals surface area contributed by atoms with Gasteiger partial charge in [0.05, 0.1) is 0 Å². The largest absolute Gasteiger partial charge is 0.329 e. The summed E-state index contributed by atoms with van der Waals surface area (Å²) in [5.74, 6) is 0.834. The third-order valence-corrected chi connectivity index (χ3v) is 3.38. The molecule has 0 saturated heterocycles. The highest BCUT2D eigenvalue weighted by atomic mass is 35.5. The quantitative estimate of drug-likeness (QED) is 0.849. The zero-order chi connectivity index (χ0) is 11.4. The highest BCUT2D eigenvalue weighted by molar-refractivity contribution is 7.98. The molecule has 2 nitrogen and oxygen atoms in total. The summed E-state index contributed by atoms with van der Waals surface area (Å²) < 4.78 is 0. The normalized spacial score (nSPS) is 10.3. The fourth-order valence-corrected chi connectivity index (χ4v) is 2.27. The topological polar surface area (TPSA) is 32.9 Å². The highest BCUT2D eigenvalue weighted by Crippen LogP contribution is 2.21. The van der Waals surface area contributed by atoms with Crippen molar-refractivity contribution in [1.29, 1.82) is 0 Å². The first kappa shape index (κ1) is 11.3. The second-order valence-corrected chi connectivity index (χ2v) is 4.79. The number of H-pyrrole nitrogens is 1. The van der Waals surface area contributed by atoms with Crippen molar-refractivity contribution in [3.05, 3.63) is 63.5 Å². The van der Waals surface area contributed by atoms with Crippen LogP contribution >= 0.6 is 23.4 Å². The van der Waals surface area contributed by atoms with Crippen LogP contribution in [0.3, 0.4) is 0 Å². The number of thioether (sulfide) groups is 1. The van der Waals surface area contributed by atoms with E-state index in [1.165, 1.54) is 5.56 Å². The van der Waals surface area contributed by atoms with Gasteiger partial charge in [0.2, 0.25) is 5.56 Å². The van der Waals surface area contributed by atoms with Crippen LogP contribution in [0.5, 0.6) is 0 Å². The molecule has 2 rings (SSSR count). The highest BCUT2D eigenvalue weighted by Gasteiger charge is 1.97. The third-order valence-electron chi connectivity index (χ3n) is 2.07. The Morgan fingerprint density at radius 1 is 1.19 bits per heavy atom. The lowest BCUT2D eigenvalue weighted by atomic mass is 10.2. The molecule has 0 radical (unpaired) electrons. The second kappa shape index (κ2) is 5.23. The lowest BCUT2D eigenvalue weighted by molar-refractivity contribution is 1.18. The summed E-state index contributed by atoms with van der Waals surface area (Å²) in [4.78, 5) is 14.6. The molecule has 0 saturated carbocycles. The van der Waals surface area contributed by atoms with Gasteiger partial charge in [-0.2, -0.15) is 0 Å². The van der Waals surface area contributed by atoms with E-state index in [0.29, 0.717) is 0 Å². The Labute approximate surface area is 103 Å². The Kier molecular flexibility index (Phi) is 3.70. The molecule has 0 aliphatic rings. The van der Waals surface area contributed by atoms with Gasteiger partial charge in [0.15, 0.2) is 0 Å². The van der Waals surface area contributed by atoms with Crippen molar-refractivity contribution in [2.24, 2.45) is 0 Å². The molecule has 0 aliphatic heterocycles. The molecule has 0 spiro atoms. The molecule has 1 aromatic carbocycles. The van der Waals surface area contributed by atoms with E-state index >= 15 is 0 Å². The van der Waals surface area contributed by atoms with E-state index in [2.05, 4.69) is 4.98 Å². The number of benzene rings is 1. The van der Waals surface area contributed by atoms with Gasteiger partial charge in [-0.15, -0.1) is 11.8 Å². The molecular weight excluding hydrogens is 242 g/mol. The van der Waals surface area contributed by atoms with Crippen molar-refractivity contribution in [3.63, 3.8) is 0 Å². The Morgan fingerprint density at radius 3 is 2.62 bits per heavy atom.